The smallest absolute Gasteiger partial charge is 0.138 e. The third-order valence-corrected chi connectivity index (χ3v) is 5.56. The van der Waals surface area contributed by atoms with Crippen LogP contribution in [0.25, 0.3) is 33.6 Å². The minimum Gasteiger partial charge on any atom is -0.456 e. The van der Waals surface area contributed by atoms with E-state index in [1.54, 1.807) is 0 Å². The molecular weight excluding hydrogens is 354 g/mol. The van der Waals surface area contributed by atoms with E-state index in [1.807, 2.05) is 6.20 Å². The molecule has 4 rings (SSSR count). The van der Waals surface area contributed by atoms with Crippen LogP contribution in [0.3, 0.4) is 0 Å². The van der Waals surface area contributed by atoms with Gasteiger partial charge < -0.3 is 4.42 Å². The van der Waals surface area contributed by atoms with Crippen molar-refractivity contribution < 1.29 is 4.42 Å². The molecule has 4 aromatic rings. The normalized spacial score (nSPS) is 12.0. The number of hydrogen-bond donors (Lipinski definition) is 0. The molecule has 0 bridgehead atoms. The monoisotopic (exact) mass is 383 g/mol. The van der Waals surface area contributed by atoms with Gasteiger partial charge in [-0.2, -0.15) is 0 Å². The quantitative estimate of drug-likeness (QED) is 0.354. The van der Waals surface area contributed by atoms with E-state index >= 15 is 0 Å². The molecule has 0 amide bonds. The van der Waals surface area contributed by atoms with Crippen LogP contribution < -0.4 is 0 Å². The SMILES string of the molecule is Cc1cc(C)cc(-c2cc3oc(-c4c(C)cc(C(C)(C)C)cc4C)cc3cn2)c1. The Kier molecular flexibility index (Phi) is 4.61. The molecule has 0 atom stereocenters. The number of pyridine rings is 1. The van der Waals surface area contributed by atoms with Crippen LogP contribution in [0.15, 0.2) is 53.1 Å². The second-order valence-corrected chi connectivity index (χ2v) is 9.33. The van der Waals surface area contributed by atoms with Gasteiger partial charge in [0.25, 0.3) is 0 Å². The van der Waals surface area contributed by atoms with Gasteiger partial charge in [0.15, 0.2) is 0 Å². The average molecular weight is 384 g/mol. The van der Waals surface area contributed by atoms with E-state index < -0.39 is 0 Å². The first-order chi connectivity index (χ1) is 13.6. The summed E-state index contributed by atoms with van der Waals surface area (Å²) in [6.45, 7) is 15.3. The van der Waals surface area contributed by atoms with Crippen LogP contribution in [0.4, 0.5) is 0 Å². The van der Waals surface area contributed by atoms with Gasteiger partial charge in [0.2, 0.25) is 0 Å². The third kappa shape index (κ3) is 3.72. The fraction of sp³-hybridized carbons (Fsp3) is 0.296. The van der Waals surface area contributed by atoms with Gasteiger partial charge in [0.05, 0.1) is 5.69 Å². The van der Waals surface area contributed by atoms with E-state index in [0.717, 1.165) is 28.0 Å². The molecule has 148 valence electrons. The second-order valence-electron chi connectivity index (χ2n) is 9.33. The molecule has 2 heteroatoms. The molecule has 2 nitrogen and oxygen atoms in total. The van der Waals surface area contributed by atoms with Crippen molar-refractivity contribution in [1.29, 1.82) is 0 Å². The summed E-state index contributed by atoms with van der Waals surface area (Å²) in [6, 6.07) is 15.3. The number of nitrogens with zero attached hydrogens (tertiary/aromatic N) is 1. The van der Waals surface area contributed by atoms with E-state index in [4.69, 9.17) is 9.40 Å². The average Bonchev–Trinajstić information content (AvgIpc) is 3.02. The highest BCUT2D eigenvalue weighted by Crippen LogP contribution is 2.36. The summed E-state index contributed by atoms with van der Waals surface area (Å²) in [5.74, 6) is 0.912. The zero-order valence-electron chi connectivity index (χ0n) is 18.5. The van der Waals surface area contributed by atoms with Gasteiger partial charge in [-0.25, -0.2) is 0 Å². The first kappa shape index (κ1) is 19.4. The van der Waals surface area contributed by atoms with Gasteiger partial charge >= 0.3 is 0 Å². The molecule has 0 fully saturated rings. The summed E-state index contributed by atoms with van der Waals surface area (Å²) < 4.78 is 6.32. The van der Waals surface area contributed by atoms with E-state index in [9.17, 15) is 0 Å². The molecular formula is C27H29NO. The standard InChI is InChI=1S/C27H29NO/c1-16-8-17(2)10-20(9-16)23-14-24-21(15-28-23)13-25(29-24)26-18(3)11-22(12-19(26)4)27(5,6)7/h8-15H,1-7H3. The highest BCUT2D eigenvalue weighted by molar-refractivity contribution is 5.86. The van der Waals surface area contributed by atoms with Crippen LogP contribution in [0.1, 0.15) is 48.6 Å². The molecule has 0 spiro atoms. The number of hydrogen-bond acceptors (Lipinski definition) is 2. The Morgan fingerprint density at radius 2 is 1.38 bits per heavy atom. The summed E-state index contributed by atoms with van der Waals surface area (Å²) in [5, 5.41) is 1.03. The summed E-state index contributed by atoms with van der Waals surface area (Å²) in [5.41, 5.74) is 10.6. The van der Waals surface area contributed by atoms with Crippen molar-refractivity contribution in [1.82, 2.24) is 4.98 Å². The summed E-state index contributed by atoms with van der Waals surface area (Å²) >= 11 is 0. The Balaban J connectivity index is 1.81. The van der Waals surface area contributed by atoms with E-state index in [1.165, 1.54) is 33.4 Å². The number of benzene rings is 2. The van der Waals surface area contributed by atoms with E-state index in [2.05, 4.69) is 90.9 Å². The Morgan fingerprint density at radius 1 is 0.759 bits per heavy atom. The Bertz CT molecular complexity index is 1180. The largest absolute Gasteiger partial charge is 0.456 e. The maximum absolute atomic E-state index is 6.32. The lowest BCUT2D eigenvalue weighted by atomic mass is 9.83. The van der Waals surface area contributed by atoms with Crippen LogP contribution in [-0.2, 0) is 5.41 Å². The fourth-order valence-corrected chi connectivity index (χ4v) is 4.12. The highest BCUT2D eigenvalue weighted by atomic mass is 16.3. The molecule has 0 aliphatic rings. The lowest BCUT2D eigenvalue weighted by Gasteiger charge is -2.21. The molecule has 0 radical (unpaired) electrons. The Morgan fingerprint density at radius 3 is 1.97 bits per heavy atom. The minimum absolute atomic E-state index is 0.132. The van der Waals surface area contributed by atoms with Crippen molar-refractivity contribution in [2.45, 2.75) is 53.9 Å². The van der Waals surface area contributed by atoms with Crippen molar-refractivity contribution in [3.05, 3.63) is 76.5 Å². The van der Waals surface area contributed by atoms with Crippen molar-refractivity contribution in [2.75, 3.05) is 0 Å². The maximum Gasteiger partial charge on any atom is 0.138 e. The minimum atomic E-state index is 0.132. The topological polar surface area (TPSA) is 26.0 Å². The molecule has 29 heavy (non-hydrogen) atoms. The zero-order valence-corrected chi connectivity index (χ0v) is 18.5. The molecule has 0 saturated carbocycles. The summed E-state index contributed by atoms with van der Waals surface area (Å²) in [4.78, 5) is 4.70. The Labute approximate surface area is 173 Å². The molecule has 0 N–H and O–H groups in total. The third-order valence-electron chi connectivity index (χ3n) is 5.56. The van der Waals surface area contributed by atoms with Gasteiger partial charge in [-0.05, 0) is 68.0 Å². The van der Waals surface area contributed by atoms with Crippen molar-refractivity contribution in [2.24, 2.45) is 0 Å². The second kappa shape index (κ2) is 6.88. The van der Waals surface area contributed by atoms with Gasteiger partial charge in [-0.1, -0.05) is 50.1 Å². The van der Waals surface area contributed by atoms with Gasteiger partial charge in [0, 0.05) is 28.8 Å². The molecule has 0 unspecified atom stereocenters. The van der Waals surface area contributed by atoms with Gasteiger partial charge in [0.1, 0.15) is 11.3 Å². The number of aryl methyl sites for hydroxylation is 4. The molecule has 2 aromatic heterocycles. The molecule has 0 saturated heterocycles. The lowest BCUT2D eigenvalue weighted by Crippen LogP contribution is -2.12. The number of rotatable bonds is 2. The van der Waals surface area contributed by atoms with Crippen molar-refractivity contribution in [3.8, 4) is 22.6 Å². The maximum atomic E-state index is 6.32. The molecule has 2 aromatic carbocycles. The van der Waals surface area contributed by atoms with Crippen LogP contribution in [-0.4, -0.2) is 4.98 Å². The van der Waals surface area contributed by atoms with Crippen LogP contribution in [0, 0.1) is 27.7 Å². The molecule has 0 aliphatic carbocycles. The predicted molar refractivity (Wildman–Crippen MR) is 123 cm³/mol. The summed E-state index contributed by atoms with van der Waals surface area (Å²) in [7, 11) is 0. The number of fused-ring (bicyclic) bond motifs is 1. The first-order valence-electron chi connectivity index (χ1n) is 10.2. The van der Waals surface area contributed by atoms with Crippen LogP contribution in [0.2, 0.25) is 0 Å². The van der Waals surface area contributed by atoms with Crippen molar-refractivity contribution in [3.63, 3.8) is 0 Å². The van der Waals surface area contributed by atoms with Gasteiger partial charge in [-0.3, -0.25) is 4.98 Å². The molecule has 2 heterocycles. The van der Waals surface area contributed by atoms with Crippen molar-refractivity contribution >= 4 is 11.0 Å². The summed E-state index contributed by atoms with van der Waals surface area (Å²) in [6.07, 6.45) is 1.92. The highest BCUT2D eigenvalue weighted by Gasteiger charge is 2.19. The lowest BCUT2D eigenvalue weighted by molar-refractivity contribution is 0.588. The van der Waals surface area contributed by atoms with E-state index in [-0.39, 0.29) is 5.41 Å². The first-order valence-corrected chi connectivity index (χ1v) is 10.2. The van der Waals surface area contributed by atoms with E-state index in [0.29, 0.717) is 0 Å². The predicted octanol–water partition coefficient (Wildman–Crippen LogP) is 7.69. The van der Waals surface area contributed by atoms with Crippen LogP contribution >= 0.6 is 0 Å². The fourth-order valence-electron chi connectivity index (χ4n) is 4.12. The number of furan rings is 1. The molecule has 0 aliphatic heterocycles. The Hall–Kier alpha value is -2.87. The zero-order chi connectivity index (χ0) is 20.9. The van der Waals surface area contributed by atoms with Gasteiger partial charge in [-0.15, -0.1) is 0 Å². The van der Waals surface area contributed by atoms with Crippen LogP contribution in [0.5, 0.6) is 0 Å². The number of aromatic nitrogens is 1.